The Kier molecular flexibility index (Phi) is 5.56. The lowest BCUT2D eigenvalue weighted by molar-refractivity contribution is 0.0951. The molecule has 1 saturated heterocycles. The van der Waals surface area contributed by atoms with E-state index in [0.29, 0.717) is 25.2 Å². The van der Waals surface area contributed by atoms with Gasteiger partial charge in [-0.05, 0) is 29.8 Å². The zero-order valence-corrected chi connectivity index (χ0v) is 16.1. The highest BCUT2D eigenvalue weighted by Gasteiger charge is 2.38. The lowest BCUT2D eigenvalue weighted by Crippen LogP contribution is -2.42. The smallest absolute Gasteiger partial charge is 0.325 e. The summed E-state index contributed by atoms with van der Waals surface area (Å²) in [6, 6.07) is 28.5. The van der Waals surface area contributed by atoms with E-state index < -0.39 is 0 Å². The summed E-state index contributed by atoms with van der Waals surface area (Å²) < 4.78 is 0. The predicted molar refractivity (Wildman–Crippen MR) is 114 cm³/mol. The molecule has 1 aliphatic heterocycles. The molecule has 1 heterocycles. The third-order valence-corrected chi connectivity index (χ3v) is 5.06. The second-order valence-corrected chi connectivity index (χ2v) is 7.08. The Labute approximate surface area is 170 Å². The molecule has 1 fully saturated rings. The summed E-state index contributed by atoms with van der Waals surface area (Å²) in [4.78, 5) is 29.3. The van der Waals surface area contributed by atoms with Crippen molar-refractivity contribution in [3.63, 3.8) is 0 Å². The summed E-state index contributed by atoms with van der Waals surface area (Å²) >= 11 is 0. The van der Waals surface area contributed by atoms with Crippen LogP contribution in [0, 0.1) is 0 Å². The summed E-state index contributed by atoms with van der Waals surface area (Å²) in [5.41, 5.74) is 2.54. The van der Waals surface area contributed by atoms with Gasteiger partial charge in [0.1, 0.15) is 0 Å². The maximum Gasteiger partial charge on any atom is 0.325 e. The Morgan fingerprint density at radius 3 is 2.10 bits per heavy atom. The van der Waals surface area contributed by atoms with Crippen LogP contribution < -0.4 is 10.2 Å². The van der Waals surface area contributed by atoms with Gasteiger partial charge >= 0.3 is 6.03 Å². The van der Waals surface area contributed by atoms with Crippen molar-refractivity contribution in [2.24, 2.45) is 0 Å². The van der Waals surface area contributed by atoms with Crippen LogP contribution in [-0.2, 0) is 6.54 Å². The van der Waals surface area contributed by atoms with Crippen LogP contribution in [0.5, 0.6) is 0 Å². The predicted octanol–water partition coefficient (Wildman–Crippen LogP) is 3.93. The number of para-hydroxylation sites is 1. The van der Waals surface area contributed by atoms with Gasteiger partial charge in [-0.15, -0.1) is 0 Å². The standard InChI is InChI=1S/C24H23N3O2/c28-23(20-12-6-2-7-13-20)25-16-22-18-26(17-19-10-4-1-5-11-19)24(29)27(22)21-14-8-3-9-15-21/h1-15,22H,16-18H2,(H,25,28). The summed E-state index contributed by atoms with van der Waals surface area (Å²) in [6.07, 6.45) is 0. The van der Waals surface area contributed by atoms with Gasteiger partial charge < -0.3 is 10.2 Å². The fourth-order valence-corrected chi connectivity index (χ4v) is 3.63. The van der Waals surface area contributed by atoms with Gasteiger partial charge in [-0.25, -0.2) is 4.79 Å². The number of benzene rings is 3. The monoisotopic (exact) mass is 385 g/mol. The summed E-state index contributed by atoms with van der Waals surface area (Å²) in [5, 5.41) is 2.99. The van der Waals surface area contributed by atoms with Crippen molar-refractivity contribution >= 4 is 17.6 Å². The summed E-state index contributed by atoms with van der Waals surface area (Å²) in [7, 11) is 0. The number of urea groups is 1. The normalized spacial score (nSPS) is 16.1. The number of carbonyl (C=O) groups excluding carboxylic acids is 2. The van der Waals surface area contributed by atoms with Gasteiger partial charge in [0.2, 0.25) is 0 Å². The average molecular weight is 385 g/mol. The first-order valence-electron chi connectivity index (χ1n) is 9.73. The number of anilines is 1. The molecule has 5 nitrogen and oxygen atoms in total. The van der Waals surface area contributed by atoms with Crippen LogP contribution in [0.1, 0.15) is 15.9 Å². The van der Waals surface area contributed by atoms with E-state index in [-0.39, 0.29) is 18.0 Å². The highest BCUT2D eigenvalue weighted by atomic mass is 16.2. The quantitative estimate of drug-likeness (QED) is 0.699. The zero-order chi connectivity index (χ0) is 20.1. The Morgan fingerprint density at radius 1 is 0.862 bits per heavy atom. The van der Waals surface area contributed by atoms with Gasteiger partial charge in [-0.2, -0.15) is 0 Å². The molecule has 1 aliphatic rings. The Balaban J connectivity index is 1.51. The van der Waals surface area contributed by atoms with Crippen LogP contribution in [0.3, 0.4) is 0 Å². The molecule has 0 aliphatic carbocycles. The van der Waals surface area contributed by atoms with Gasteiger partial charge in [0.25, 0.3) is 5.91 Å². The first-order chi connectivity index (χ1) is 14.2. The van der Waals surface area contributed by atoms with Crippen molar-refractivity contribution in [1.29, 1.82) is 0 Å². The molecule has 0 aromatic heterocycles. The van der Waals surface area contributed by atoms with Crippen LogP contribution in [0.4, 0.5) is 10.5 Å². The molecule has 29 heavy (non-hydrogen) atoms. The molecular formula is C24H23N3O2. The lowest BCUT2D eigenvalue weighted by Gasteiger charge is -2.23. The zero-order valence-electron chi connectivity index (χ0n) is 16.1. The molecule has 3 aromatic carbocycles. The van der Waals surface area contributed by atoms with Crippen molar-refractivity contribution in [1.82, 2.24) is 10.2 Å². The van der Waals surface area contributed by atoms with Crippen molar-refractivity contribution in [3.05, 3.63) is 102 Å². The fraction of sp³-hybridized carbons (Fsp3) is 0.167. The third-order valence-electron chi connectivity index (χ3n) is 5.06. The molecule has 1 unspecified atom stereocenters. The highest BCUT2D eigenvalue weighted by molar-refractivity contribution is 5.96. The number of rotatable bonds is 6. The fourth-order valence-electron chi connectivity index (χ4n) is 3.63. The minimum atomic E-state index is -0.138. The number of hydrogen-bond acceptors (Lipinski definition) is 2. The molecule has 5 heteroatoms. The van der Waals surface area contributed by atoms with E-state index >= 15 is 0 Å². The molecule has 3 amide bonds. The molecule has 1 atom stereocenters. The minimum absolute atomic E-state index is 0.0426. The molecule has 0 spiro atoms. The number of nitrogens with zero attached hydrogens (tertiary/aromatic N) is 2. The largest absolute Gasteiger partial charge is 0.350 e. The van der Waals surface area contributed by atoms with E-state index in [2.05, 4.69) is 5.32 Å². The molecule has 1 N–H and O–H groups in total. The highest BCUT2D eigenvalue weighted by Crippen LogP contribution is 2.25. The summed E-state index contributed by atoms with van der Waals surface area (Å²) in [5.74, 6) is -0.132. The van der Waals surface area contributed by atoms with E-state index in [1.807, 2.05) is 83.8 Å². The lowest BCUT2D eigenvalue weighted by atomic mass is 10.2. The number of nitrogens with one attached hydrogen (secondary N) is 1. The number of carbonyl (C=O) groups is 2. The SMILES string of the molecule is O=C(NCC1CN(Cc2ccccc2)C(=O)N1c1ccccc1)c1ccccc1. The van der Waals surface area contributed by atoms with Crippen molar-refractivity contribution in [3.8, 4) is 0 Å². The van der Waals surface area contributed by atoms with Crippen LogP contribution in [0.15, 0.2) is 91.0 Å². The first-order valence-corrected chi connectivity index (χ1v) is 9.73. The van der Waals surface area contributed by atoms with Crippen molar-refractivity contribution < 1.29 is 9.59 Å². The van der Waals surface area contributed by atoms with E-state index in [0.717, 1.165) is 11.3 Å². The van der Waals surface area contributed by atoms with Gasteiger partial charge in [0.15, 0.2) is 0 Å². The van der Waals surface area contributed by atoms with Crippen LogP contribution in [-0.4, -0.2) is 36.0 Å². The molecule has 146 valence electrons. The second kappa shape index (κ2) is 8.61. The van der Waals surface area contributed by atoms with Gasteiger partial charge in [0.05, 0.1) is 6.04 Å². The topological polar surface area (TPSA) is 52.7 Å². The van der Waals surface area contributed by atoms with Gasteiger partial charge in [-0.1, -0.05) is 66.7 Å². The van der Waals surface area contributed by atoms with Crippen LogP contribution >= 0.6 is 0 Å². The van der Waals surface area contributed by atoms with Crippen molar-refractivity contribution in [2.75, 3.05) is 18.0 Å². The van der Waals surface area contributed by atoms with E-state index in [1.54, 1.807) is 17.0 Å². The third kappa shape index (κ3) is 4.29. The number of hydrogen-bond donors (Lipinski definition) is 1. The molecule has 0 saturated carbocycles. The van der Waals surface area contributed by atoms with Gasteiger partial charge in [-0.3, -0.25) is 9.69 Å². The molecule has 4 rings (SSSR count). The van der Waals surface area contributed by atoms with E-state index in [4.69, 9.17) is 0 Å². The molecule has 0 radical (unpaired) electrons. The maximum absolute atomic E-state index is 13.2. The Bertz CT molecular complexity index is 961. The second-order valence-electron chi connectivity index (χ2n) is 7.08. The van der Waals surface area contributed by atoms with E-state index in [1.165, 1.54) is 0 Å². The van der Waals surface area contributed by atoms with E-state index in [9.17, 15) is 9.59 Å². The Morgan fingerprint density at radius 2 is 1.45 bits per heavy atom. The molecular weight excluding hydrogens is 362 g/mol. The molecule has 0 bridgehead atoms. The van der Waals surface area contributed by atoms with Crippen LogP contribution in [0.25, 0.3) is 0 Å². The summed E-state index contributed by atoms with van der Waals surface area (Å²) in [6.45, 7) is 1.49. The average Bonchev–Trinajstić information content (AvgIpc) is 3.09. The minimum Gasteiger partial charge on any atom is -0.350 e. The van der Waals surface area contributed by atoms with Crippen molar-refractivity contribution in [2.45, 2.75) is 12.6 Å². The molecule has 3 aromatic rings. The van der Waals surface area contributed by atoms with Crippen LogP contribution in [0.2, 0.25) is 0 Å². The maximum atomic E-state index is 13.2. The Hall–Kier alpha value is -3.60. The number of amides is 3. The van der Waals surface area contributed by atoms with Gasteiger partial charge in [0, 0.05) is 30.9 Å². The first kappa shape index (κ1) is 18.7.